The fraction of sp³-hybridized carbons (Fsp3) is 0.875. The van der Waals surface area contributed by atoms with Crippen molar-refractivity contribution in [1.82, 2.24) is 5.32 Å². The van der Waals surface area contributed by atoms with Crippen LogP contribution in [-0.2, 0) is 9.47 Å². The van der Waals surface area contributed by atoms with E-state index < -0.39 is 0 Å². The molecule has 0 atom stereocenters. The maximum atomic E-state index is 10.7. The first-order valence-electron chi connectivity index (χ1n) is 4.49. The van der Waals surface area contributed by atoms with Crippen LogP contribution in [0.3, 0.4) is 0 Å². The SMILES string of the molecule is CCOC(=O)NCCCOCCN. The first kappa shape index (κ1) is 12.2. The second kappa shape index (κ2) is 9.28. The number of alkyl carbamates (subject to hydrolysis) is 1. The lowest BCUT2D eigenvalue weighted by molar-refractivity contribution is 0.133. The van der Waals surface area contributed by atoms with Gasteiger partial charge in [-0.25, -0.2) is 4.79 Å². The normalized spacial score (nSPS) is 9.69. The van der Waals surface area contributed by atoms with E-state index in [1.165, 1.54) is 0 Å². The van der Waals surface area contributed by atoms with Crippen LogP contribution >= 0.6 is 0 Å². The highest BCUT2D eigenvalue weighted by molar-refractivity contribution is 5.66. The summed E-state index contributed by atoms with van der Waals surface area (Å²) in [5.41, 5.74) is 5.22. The zero-order valence-corrected chi connectivity index (χ0v) is 8.04. The van der Waals surface area contributed by atoms with Crippen molar-refractivity contribution in [2.75, 3.05) is 32.9 Å². The van der Waals surface area contributed by atoms with Gasteiger partial charge < -0.3 is 20.5 Å². The smallest absolute Gasteiger partial charge is 0.407 e. The van der Waals surface area contributed by atoms with E-state index in [0.717, 1.165) is 6.42 Å². The Morgan fingerprint density at radius 2 is 2.23 bits per heavy atom. The van der Waals surface area contributed by atoms with Crippen LogP contribution in [0, 0.1) is 0 Å². The molecule has 5 nitrogen and oxygen atoms in total. The molecule has 0 spiro atoms. The number of amides is 1. The molecule has 0 aliphatic rings. The number of hydrogen-bond acceptors (Lipinski definition) is 4. The van der Waals surface area contributed by atoms with Crippen LogP contribution in [0.25, 0.3) is 0 Å². The fourth-order valence-electron chi connectivity index (χ4n) is 0.732. The molecule has 13 heavy (non-hydrogen) atoms. The third-order valence-corrected chi connectivity index (χ3v) is 1.27. The van der Waals surface area contributed by atoms with Gasteiger partial charge in [0.1, 0.15) is 0 Å². The van der Waals surface area contributed by atoms with E-state index in [0.29, 0.717) is 32.9 Å². The van der Waals surface area contributed by atoms with Gasteiger partial charge in [0.2, 0.25) is 0 Å². The van der Waals surface area contributed by atoms with Gasteiger partial charge in [0, 0.05) is 19.7 Å². The number of nitrogens with two attached hydrogens (primary N) is 1. The Labute approximate surface area is 78.6 Å². The van der Waals surface area contributed by atoms with Gasteiger partial charge in [-0.15, -0.1) is 0 Å². The molecule has 0 aromatic carbocycles. The van der Waals surface area contributed by atoms with Crippen molar-refractivity contribution in [2.45, 2.75) is 13.3 Å². The summed E-state index contributed by atoms with van der Waals surface area (Å²) in [6, 6.07) is 0. The molecule has 0 rings (SSSR count). The monoisotopic (exact) mass is 190 g/mol. The standard InChI is InChI=1S/C8H18N2O3/c1-2-13-8(11)10-5-3-6-12-7-4-9/h2-7,9H2,1H3,(H,10,11). The predicted octanol–water partition coefficient (Wildman–Crippen LogP) is 0.0979. The van der Waals surface area contributed by atoms with Crippen LogP contribution in [0.4, 0.5) is 4.79 Å². The summed E-state index contributed by atoms with van der Waals surface area (Å²) >= 11 is 0. The highest BCUT2D eigenvalue weighted by Gasteiger charge is 1.97. The zero-order chi connectivity index (χ0) is 9.94. The van der Waals surface area contributed by atoms with Crippen LogP contribution in [0.1, 0.15) is 13.3 Å². The fourth-order valence-corrected chi connectivity index (χ4v) is 0.732. The average molecular weight is 190 g/mol. The minimum Gasteiger partial charge on any atom is -0.450 e. The van der Waals surface area contributed by atoms with Crippen LogP contribution in [0.2, 0.25) is 0 Å². The van der Waals surface area contributed by atoms with Crippen molar-refractivity contribution in [2.24, 2.45) is 5.73 Å². The summed E-state index contributed by atoms with van der Waals surface area (Å²) in [5.74, 6) is 0. The van der Waals surface area contributed by atoms with Gasteiger partial charge in [-0.1, -0.05) is 0 Å². The van der Waals surface area contributed by atoms with E-state index in [2.05, 4.69) is 10.1 Å². The molecule has 0 saturated heterocycles. The Kier molecular flexibility index (Phi) is 8.70. The van der Waals surface area contributed by atoms with E-state index in [9.17, 15) is 4.79 Å². The molecule has 1 amide bonds. The number of carbonyl (C=O) groups excluding carboxylic acids is 1. The van der Waals surface area contributed by atoms with Crippen molar-refractivity contribution in [1.29, 1.82) is 0 Å². The molecule has 0 aromatic rings. The summed E-state index contributed by atoms with van der Waals surface area (Å²) in [4.78, 5) is 10.7. The zero-order valence-electron chi connectivity index (χ0n) is 8.04. The lowest BCUT2D eigenvalue weighted by Crippen LogP contribution is -2.26. The molecular weight excluding hydrogens is 172 g/mol. The Hall–Kier alpha value is -0.810. The van der Waals surface area contributed by atoms with Gasteiger partial charge in [-0.3, -0.25) is 0 Å². The molecule has 0 heterocycles. The van der Waals surface area contributed by atoms with Crippen LogP contribution in [-0.4, -0.2) is 39.0 Å². The number of ether oxygens (including phenoxy) is 2. The summed E-state index contributed by atoms with van der Waals surface area (Å²) in [5, 5.41) is 2.59. The average Bonchev–Trinajstić information content (AvgIpc) is 2.11. The molecule has 78 valence electrons. The van der Waals surface area contributed by atoms with Gasteiger partial charge >= 0.3 is 6.09 Å². The Morgan fingerprint density at radius 1 is 1.46 bits per heavy atom. The second-order valence-corrected chi connectivity index (χ2v) is 2.40. The van der Waals surface area contributed by atoms with Crippen molar-refractivity contribution in [3.63, 3.8) is 0 Å². The van der Waals surface area contributed by atoms with Crippen molar-refractivity contribution >= 4 is 6.09 Å². The Bertz CT molecular complexity index is 131. The molecule has 0 radical (unpaired) electrons. The molecular formula is C8H18N2O3. The second-order valence-electron chi connectivity index (χ2n) is 2.40. The lowest BCUT2D eigenvalue weighted by Gasteiger charge is -2.05. The highest BCUT2D eigenvalue weighted by Crippen LogP contribution is 1.81. The maximum absolute atomic E-state index is 10.7. The molecule has 0 aliphatic heterocycles. The molecule has 0 bridgehead atoms. The third kappa shape index (κ3) is 9.10. The molecule has 0 saturated carbocycles. The van der Waals surface area contributed by atoms with Gasteiger partial charge in [0.15, 0.2) is 0 Å². The first-order valence-corrected chi connectivity index (χ1v) is 4.49. The Morgan fingerprint density at radius 3 is 2.85 bits per heavy atom. The first-order chi connectivity index (χ1) is 6.31. The van der Waals surface area contributed by atoms with E-state index in [4.69, 9.17) is 10.5 Å². The van der Waals surface area contributed by atoms with Gasteiger partial charge in [0.25, 0.3) is 0 Å². The Balaban J connectivity index is 3.02. The summed E-state index contributed by atoms with van der Waals surface area (Å²) in [6.45, 7) is 4.46. The molecule has 5 heteroatoms. The van der Waals surface area contributed by atoms with Gasteiger partial charge in [-0.05, 0) is 13.3 Å². The van der Waals surface area contributed by atoms with Crippen LogP contribution < -0.4 is 11.1 Å². The van der Waals surface area contributed by atoms with E-state index >= 15 is 0 Å². The van der Waals surface area contributed by atoms with E-state index in [-0.39, 0.29) is 6.09 Å². The summed E-state index contributed by atoms with van der Waals surface area (Å²) in [7, 11) is 0. The van der Waals surface area contributed by atoms with Crippen molar-refractivity contribution in [3.05, 3.63) is 0 Å². The number of rotatable bonds is 7. The van der Waals surface area contributed by atoms with E-state index in [1.807, 2.05) is 0 Å². The number of hydrogen-bond donors (Lipinski definition) is 2. The highest BCUT2D eigenvalue weighted by atomic mass is 16.5. The molecule has 0 fully saturated rings. The lowest BCUT2D eigenvalue weighted by atomic mass is 10.4. The van der Waals surface area contributed by atoms with Crippen LogP contribution in [0.5, 0.6) is 0 Å². The quantitative estimate of drug-likeness (QED) is 0.558. The minimum atomic E-state index is -0.374. The van der Waals surface area contributed by atoms with Gasteiger partial charge in [-0.2, -0.15) is 0 Å². The maximum Gasteiger partial charge on any atom is 0.407 e. The largest absolute Gasteiger partial charge is 0.450 e. The van der Waals surface area contributed by atoms with Crippen LogP contribution in [0.15, 0.2) is 0 Å². The molecule has 0 unspecified atom stereocenters. The summed E-state index contributed by atoms with van der Waals surface area (Å²) in [6.07, 6.45) is 0.403. The summed E-state index contributed by atoms with van der Waals surface area (Å²) < 4.78 is 9.77. The van der Waals surface area contributed by atoms with Crippen molar-refractivity contribution in [3.8, 4) is 0 Å². The minimum absolute atomic E-state index is 0.374. The molecule has 0 aromatic heterocycles. The molecule has 0 aliphatic carbocycles. The number of nitrogens with one attached hydrogen (secondary N) is 1. The predicted molar refractivity (Wildman–Crippen MR) is 49.5 cm³/mol. The van der Waals surface area contributed by atoms with E-state index in [1.54, 1.807) is 6.92 Å². The third-order valence-electron chi connectivity index (χ3n) is 1.27. The van der Waals surface area contributed by atoms with Gasteiger partial charge in [0.05, 0.1) is 13.2 Å². The number of carbonyl (C=O) groups is 1. The van der Waals surface area contributed by atoms with Crippen molar-refractivity contribution < 1.29 is 14.3 Å². The topological polar surface area (TPSA) is 73.6 Å². The molecule has 3 N–H and O–H groups in total.